The fourth-order valence-electron chi connectivity index (χ4n) is 7.56. The molecule has 4 amide bonds. The first-order valence-electron chi connectivity index (χ1n) is 19.2. The number of aromatic nitrogens is 1. The van der Waals surface area contributed by atoms with Gasteiger partial charge in [0.2, 0.25) is 17.7 Å². The van der Waals surface area contributed by atoms with Gasteiger partial charge in [0.25, 0.3) is 5.91 Å². The third-order valence-corrected chi connectivity index (χ3v) is 11.3. The van der Waals surface area contributed by atoms with Crippen molar-refractivity contribution < 1.29 is 37.1 Å². The Morgan fingerprint density at radius 3 is 2.48 bits per heavy atom. The van der Waals surface area contributed by atoms with E-state index in [1.54, 1.807) is 49.1 Å². The van der Waals surface area contributed by atoms with Gasteiger partial charge in [0.05, 0.1) is 30.1 Å². The van der Waals surface area contributed by atoms with E-state index in [1.165, 1.54) is 6.07 Å². The van der Waals surface area contributed by atoms with Crippen LogP contribution >= 0.6 is 12.2 Å². The summed E-state index contributed by atoms with van der Waals surface area (Å²) < 4.78 is 47.5. The molecular weight excluding hydrogens is 774 g/mol. The molecule has 0 spiro atoms. The van der Waals surface area contributed by atoms with Crippen molar-refractivity contribution >= 4 is 63.7 Å². The first-order chi connectivity index (χ1) is 27.5. The topological polar surface area (TPSA) is 160 Å². The number of carbonyl (C=O) groups excluding carboxylic acids is 4. The molecule has 17 heteroatoms. The lowest BCUT2D eigenvalue weighted by atomic mass is 9.93. The van der Waals surface area contributed by atoms with Crippen LogP contribution in [0.5, 0.6) is 5.75 Å². The van der Waals surface area contributed by atoms with E-state index in [2.05, 4.69) is 25.8 Å². The molecule has 1 unspecified atom stereocenters. The first-order valence-corrected chi connectivity index (χ1v) is 19.6. The van der Waals surface area contributed by atoms with E-state index in [0.717, 1.165) is 55.1 Å². The summed E-state index contributed by atoms with van der Waals surface area (Å²) in [7, 11) is 0. The molecule has 306 valence electrons. The Balaban J connectivity index is 1.01. The summed E-state index contributed by atoms with van der Waals surface area (Å²) >= 11 is 5.69. The van der Waals surface area contributed by atoms with Crippen molar-refractivity contribution in [2.24, 2.45) is 5.92 Å². The molecule has 2 atom stereocenters. The normalized spacial score (nSPS) is 19.4. The van der Waals surface area contributed by atoms with Crippen molar-refractivity contribution in [3.05, 3.63) is 71.5 Å². The molecule has 58 heavy (non-hydrogen) atoms. The van der Waals surface area contributed by atoms with Gasteiger partial charge in [-0.15, -0.1) is 0 Å². The molecule has 4 heterocycles. The number of likely N-dealkylation sites (tertiary alicyclic amines) is 1. The molecule has 3 aliphatic rings. The van der Waals surface area contributed by atoms with Crippen LogP contribution in [0.4, 0.5) is 35.9 Å². The van der Waals surface area contributed by atoms with E-state index in [1.807, 2.05) is 26.0 Å². The number of halogens is 3. The summed E-state index contributed by atoms with van der Waals surface area (Å²) in [5, 5.41) is 17.6. The highest BCUT2D eigenvalue weighted by atomic mass is 32.1. The highest BCUT2D eigenvalue weighted by Gasteiger charge is 2.51. The van der Waals surface area contributed by atoms with Gasteiger partial charge in [-0.05, 0) is 132 Å². The molecule has 0 aliphatic carbocycles. The highest BCUT2D eigenvalue weighted by molar-refractivity contribution is 7.81. The number of piperidine rings is 2. The minimum atomic E-state index is -4.86. The molecule has 3 N–H and O–H groups in total. The number of anilines is 4. The number of thiocarbonyl (C=S) groups is 1. The molecule has 13 nitrogen and oxygen atoms in total. The smallest absolute Gasteiger partial charge is 0.419 e. The van der Waals surface area contributed by atoms with Crippen LogP contribution in [0.3, 0.4) is 0 Å². The fraction of sp³-hybridized carbons (Fsp3) is 0.439. The predicted octanol–water partition coefficient (Wildman–Crippen LogP) is 6.18. The Labute approximate surface area is 339 Å². The van der Waals surface area contributed by atoms with Gasteiger partial charge in [0.15, 0.2) is 10.8 Å². The lowest BCUT2D eigenvalue weighted by Crippen LogP contribution is -2.47. The fourth-order valence-corrected chi connectivity index (χ4v) is 8.08. The monoisotopic (exact) mass is 818 g/mol. The predicted molar refractivity (Wildman–Crippen MR) is 215 cm³/mol. The SMILES string of the molecule is CCc1cc(N2C(=S)N(c3cnc(C#N)c(C(F)(F)F)c3)C(=O)C2(C)C)ccc1OCCC1CCN(C(C)C(=O)Nc2cccc(N[C@@H]3CCC(=O)NC3=O)c2)CC1. The van der Waals surface area contributed by atoms with E-state index in [-0.39, 0.29) is 41.0 Å². The van der Waals surface area contributed by atoms with Crippen molar-refractivity contribution in [1.29, 1.82) is 5.26 Å². The number of nitrogens with one attached hydrogen (secondary N) is 3. The summed E-state index contributed by atoms with van der Waals surface area (Å²) in [5.41, 5.74) is -0.752. The average Bonchev–Trinajstić information content (AvgIpc) is 3.37. The van der Waals surface area contributed by atoms with Crippen molar-refractivity contribution in [1.82, 2.24) is 15.2 Å². The number of benzene rings is 2. The van der Waals surface area contributed by atoms with Gasteiger partial charge < -0.3 is 20.3 Å². The van der Waals surface area contributed by atoms with Gasteiger partial charge in [0.1, 0.15) is 23.4 Å². The van der Waals surface area contributed by atoms with Gasteiger partial charge in [-0.1, -0.05) is 13.0 Å². The van der Waals surface area contributed by atoms with Crippen molar-refractivity contribution in [3.63, 3.8) is 0 Å². The minimum absolute atomic E-state index is 0.0166. The Morgan fingerprint density at radius 2 is 1.81 bits per heavy atom. The number of hydrogen-bond donors (Lipinski definition) is 3. The van der Waals surface area contributed by atoms with E-state index >= 15 is 0 Å². The molecule has 6 rings (SSSR count). The number of carbonyl (C=O) groups is 4. The Hall–Kier alpha value is -5.60. The molecule has 0 saturated carbocycles. The maximum atomic E-state index is 13.7. The molecule has 3 saturated heterocycles. The van der Waals surface area contributed by atoms with Crippen LogP contribution in [0.25, 0.3) is 0 Å². The second-order valence-corrected chi connectivity index (χ2v) is 15.5. The van der Waals surface area contributed by atoms with Gasteiger partial charge >= 0.3 is 6.18 Å². The zero-order valence-corrected chi connectivity index (χ0v) is 33.4. The molecule has 2 aromatic carbocycles. The van der Waals surface area contributed by atoms with Gasteiger partial charge in [0, 0.05) is 23.5 Å². The number of hydrogen-bond acceptors (Lipinski definition) is 10. The van der Waals surface area contributed by atoms with Gasteiger partial charge in [-0.2, -0.15) is 18.4 Å². The molecule has 0 radical (unpaired) electrons. The molecule has 3 aromatic rings. The number of rotatable bonds is 12. The van der Waals surface area contributed by atoms with Crippen LogP contribution in [0.2, 0.25) is 0 Å². The van der Waals surface area contributed by atoms with Crippen molar-refractivity contribution in [2.45, 2.75) is 90.0 Å². The van der Waals surface area contributed by atoms with E-state index < -0.39 is 34.9 Å². The highest BCUT2D eigenvalue weighted by Crippen LogP contribution is 2.40. The zero-order valence-electron chi connectivity index (χ0n) is 32.6. The van der Waals surface area contributed by atoms with E-state index in [0.29, 0.717) is 48.2 Å². The number of imide groups is 1. The molecule has 3 fully saturated rings. The minimum Gasteiger partial charge on any atom is -0.493 e. The summed E-state index contributed by atoms with van der Waals surface area (Å²) in [6.07, 6.45) is 0.0740. The van der Waals surface area contributed by atoms with Crippen molar-refractivity contribution in [2.75, 3.05) is 40.1 Å². The Bertz CT molecular complexity index is 2150. The van der Waals surface area contributed by atoms with Gasteiger partial charge in [-0.25, -0.2) is 4.98 Å². The number of pyridine rings is 1. The standard InChI is InChI=1S/C41H45F3N8O5S/c1-5-26-19-29(52-39(58)51(38(56)40(52,3)4)30-21-31(41(42,43)44)33(22-45)46-23-30)9-11-34(26)57-18-15-25-13-16-50(17-14-25)24(2)36(54)48-28-8-6-7-27(20-28)47-32-10-12-35(53)49-37(32)55/h6-9,11,19-21,23-25,32,47H,5,10,12-18H2,1-4H3,(H,48,54)(H,49,53,55)/t24?,32-/m1/s1. The number of alkyl halides is 3. The summed E-state index contributed by atoms with van der Waals surface area (Å²) in [6, 6.07) is 13.9. The Morgan fingerprint density at radius 1 is 1.09 bits per heavy atom. The average molecular weight is 819 g/mol. The van der Waals surface area contributed by atoms with Crippen LogP contribution in [-0.2, 0) is 31.8 Å². The van der Waals surface area contributed by atoms with Crippen LogP contribution in [0.15, 0.2) is 54.7 Å². The first kappa shape index (κ1) is 42.0. The lowest BCUT2D eigenvalue weighted by molar-refractivity contribution is -0.138. The molecule has 1 aromatic heterocycles. The van der Waals surface area contributed by atoms with Crippen LogP contribution in [-0.4, -0.2) is 75.9 Å². The van der Waals surface area contributed by atoms with E-state index in [4.69, 9.17) is 17.0 Å². The molecule has 0 bridgehead atoms. The maximum Gasteiger partial charge on any atom is 0.419 e. The number of nitriles is 1. The summed E-state index contributed by atoms with van der Waals surface area (Å²) in [6.45, 7) is 9.12. The second-order valence-electron chi connectivity index (χ2n) is 15.2. The van der Waals surface area contributed by atoms with E-state index in [9.17, 15) is 37.6 Å². The van der Waals surface area contributed by atoms with Crippen LogP contribution in [0, 0.1) is 17.2 Å². The molecule has 3 aliphatic heterocycles. The summed E-state index contributed by atoms with van der Waals surface area (Å²) in [4.78, 5) is 59.0. The second kappa shape index (κ2) is 17.1. The van der Waals surface area contributed by atoms with Gasteiger partial charge in [-0.3, -0.25) is 34.3 Å². The molecular formula is C41H45F3N8O5S. The largest absolute Gasteiger partial charge is 0.493 e. The lowest BCUT2D eigenvalue weighted by Gasteiger charge is -2.35. The Kier molecular flexibility index (Phi) is 12.4. The quantitative estimate of drug-likeness (QED) is 0.142. The van der Waals surface area contributed by atoms with Crippen molar-refractivity contribution in [3.8, 4) is 11.8 Å². The summed E-state index contributed by atoms with van der Waals surface area (Å²) in [5.74, 6) is -0.234. The third-order valence-electron chi connectivity index (χ3n) is 11.0. The third kappa shape index (κ3) is 8.92. The maximum absolute atomic E-state index is 13.7. The number of amides is 4. The van der Waals surface area contributed by atoms with Crippen LogP contribution < -0.4 is 30.5 Å². The van der Waals surface area contributed by atoms with Crippen LogP contribution in [0.1, 0.15) is 76.6 Å². The number of aryl methyl sites for hydroxylation is 1. The zero-order chi connectivity index (χ0) is 41.9. The number of ether oxygens (including phenoxy) is 1. The number of nitrogens with zero attached hydrogens (tertiary/aromatic N) is 5.